The standard InChI is InChI=1S/C22H19F3N4S/c1-22(24,25)19-7-4-14(11-27-19)3-2-8-26-21-29-13-18(30-21)15-5-6-16-12-28-20(23)10-17(16)9-15/h4-7,9-13H,2-3,8H2,1H3,(H,26,29). The highest BCUT2D eigenvalue weighted by Crippen LogP contribution is 2.31. The first-order valence-corrected chi connectivity index (χ1v) is 10.3. The van der Waals surface area contributed by atoms with Gasteiger partial charge in [0.15, 0.2) is 5.13 Å². The second-order valence-corrected chi connectivity index (χ2v) is 8.10. The van der Waals surface area contributed by atoms with Gasteiger partial charge in [-0.2, -0.15) is 13.2 Å². The van der Waals surface area contributed by atoms with Crippen LogP contribution >= 0.6 is 11.3 Å². The van der Waals surface area contributed by atoms with Crippen LogP contribution in [0.5, 0.6) is 0 Å². The van der Waals surface area contributed by atoms with Gasteiger partial charge < -0.3 is 5.32 Å². The fraction of sp³-hybridized carbons (Fsp3) is 0.227. The smallest absolute Gasteiger partial charge is 0.286 e. The van der Waals surface area contributed by atoms with Crippen molar-refractivity contribution in [3.63, 3.8) is 0 Å². The summed E-state index contributed by atoms with van der Waals surface area (Å²) in [5, 5.41) is 5.76. The largest absolute Gasteiger partial charge is 0.361 e. The fourth-order valence-corrected chi connectivity index (χ4v) is 3.91. The predicted molar refractivity (Wildman–Crippen MR) is 113 cm³/mol. The number of aryl methyl sites for hydroxylation is 1. The van der Waals surface area contributed by atoms with Crippen molar-refractivity contribution in [1.29, 1.82) is 0 Å². The molecule has 4 rings (SSSR count). The molecule has 4 nitrogen and oxygen atoms in total. The number of thiazole rings is 1. The number of halogens is 3. The van der Waals surface area contributed by atoms with Crippen molar-refractivity contribution in [3.8, 4) is 10.4 Å². The van der Waals surface area contributed by atoms with Crippen LogP contribution in [0.1, 0.15) is 24.6 Å². The Labute approximate surface area is 175 Å². The van der Waals surface area contributed by atoms with Gasteiger partial charge in [0.05, 0.1) is 4.88 Å². The van der Waals surface area contributed by atoms with Crippen molar-refractivity contribution in [3.05, 3.63) is 72.2 Å². The van der Waals surface area contributed by atoms with E-state index in [9.17, 15) is 13.2 Å². The number of hydrogen-bond acceptors (Lipinski definition) is 5. The number of pyridine rings is 2. The highest BCUT2D eigenvalue weighted by Gasteiger charge is 2.25. The summed E-state index contributed by atoms with van der Waals surface area (Å²) < 4.78 is 39.8. The van der Waals surface area contributed by atoms with Gasteiger partial charge in [-0.05, 0) is 41.5 Å². The summed E-state index contributed by atoms with van der Waals surface area (Å²) in [4.78, 5) is 12.9. The maximum absolute atomic E-state index is 13.4. The zero-order valence-electron chi connectivity index (χ0n) is 16.2. The molecular weight excluding hydrogens is 409 g/mol. The molecule has 0 fully saturated rings. The van der Waals surface area contributed by atoms with E-state index in [4.69, 9.17) is 0 Å². The zero-order chi connectivity index (χ0) is 21.1. The molecule has 154 valence electrons. The zero-order valence-corrected chi connectivity index (χ0v) is 17.0. The Morgan fingerprint density at radius 1 is 0.967 bits per heavy atom. The number of nitrogens with one attached hydrogen (secondary N) is 1. The Balaban J connectivity index is 1.33. The van der Waals surface area contributed by atoms with Crippen molar-refractivity contribution in [2.24, 2.45) is 0 Å². The first-order valence-electron chi connectivity index (χ1n) is 9.47. The molecule has 1 aromatic carbocycles. The van der Waals surface area contributed by atoms with E-state index in [2.05, 4.69) is 20.3 Å². The lowest BCUT2D eigenvalue weighted by Crippen LogP contribution is -2.09. The minimum atomic E-state index is -2.92. The van der Waals surface area contributed by atoms with Crippen LogP contribution in [-0.4, -0.2) is 21.5 Å². The van der Waals surface area contributed by atoms with Crippen LogP contribution in [0.25, 0.3) is 21.2 Å². The number of fused-ring (bicyclic) bond motifs is 1. The van der Waals surface area contributed by atoms with Crippen LogP contribution in [0.2, 0.25) is 0 Å². The summed E-state index contributed by atoms with van der Waals surface area (Å²) in [5.74, 6) is -3.42. The van der Waals surface area contributed by atoms with Gasteiger partial charge in [-0.25, -0.2) is 9.97 Å². The monoisotopic (exact) mass is 428 g/mol. The molecule has 30 heavy (non-hydrogen) atoms. The second kappa shape index (κ2) is 8.39. The molecule has 0 radical (unpaired) electrons. The summed E-state index contributed by atoms with van der Waals surface area (Å²) in [6, 6.07) is 10.3. The van der Waals surface area contributed by atoms with Crippen molar-refractivity contribution < 1.29 is 13.2 Å². The van der Waals surface area contributed by atoms with Crippen LogP contribution in [-0.2, 0) is 12.3 Å². The maximum Gasteiger partial charge on any atom is 0.286 e. The third-order valence-electron chi connectivity index (χ3n) is 4.67. The van der Waals surface area contributed by atoms with Crippen molar-refractivity contribution >= 4 is 27.2 Å². The number of rotatable bonds is 7. The average molecular weight is 428 g/mol. The van der Waals surface area contributed by atoms with Crippen LogP contribution in [0.4, 0.5) is 18.3 Å². The lowest BCUT2D eigenvalue weighted by Gasteiger charge is -2.09. The number of nitrogens with zero attached hydrogens (tertiary/aromatic N) is 3. The summed E-state index contributed by atoms with van der Waals surface area (Å²) >= 11 is 1.52. The molecule has 0 atom stereocenters. The molecule has 0 saturated heterocycles. The van der Waals surface area contributed by atoms with E-state index in [1.807, 2.05) is 18.2 Å². The van der Waals surface area contributed by atoms with Gasteiger partial charge in [-0.15, -0.1) is 0 Å². The first kappa shape index (κ1) is 20.3. The molecule has 0 unspecified atom stereocenters. The Bertz CT molecular complexity index is 1150. The van der Waals surface area contributed by atoms with E-state index in [0.717, 1.165) is 51.7 Å². The van der Waals surface area contributed by atoms with Crippen molar-refractivity contribution in [2.45, 2.75) is 25.7 Å². The van der Waals surface area contributed by atoms with Crippen LogP contribution in [0.3, 0.4) is 0 Å². The average Bonchev–Trinajstić information content (AvgIpc) is 3.19. The first-order chi connectivity index (χ1) is 14.4. The molecule has 3 heterocycles. The van der Waals surface area contributed by atoms with Gasteiger partial charge in [-0.1, -0.05) is 29.5 Å². The third kappa shape index (κ3) is 4.76. The highest BCUT2D eigenvalue weighted by molar-refractivity contribution is 7.18. The Morgan fingerprint density at radius 3 is 2.60 bits per heavy atom. The molecule has 0 aliphatic heterocycles. The molecule has 4 aromatic rings. The topological polar surface area (TPSA) is 50.7 Å². The number of benzene rings is 1. The molecule has 0 amide bonds. The Morgan fingerprint density at radius 2 is 1.83 bits per heavy atom. The van der Waals surface area contributed by atoms with Gasteiger partial charge in [-0.3, -0.25) is 4.98 Å². The van der Waals surface area contributed by atoms with Crippen LogP contribution in [0, 0.1) is 5.95 Å². The van der Waals surface area contributed by atoms with Crippen molar-refractivity contribution in [2.75, 3.05) is 11.9 Å². The Hall–Kier alpha value is -3.00. The molecule has 3 aromatic heterocycles. The van der Waals surface area contributed by atoms with Crippen LogP contribution < -0.4 is 5.32 Å². The number of alkyl halides is 2. The highest BCUT2D eigenvalue weighted by atomic mass is 32.1. The quantitative estimate of drug-likeness (QED) is 0.288. The molecule has 0 saturated carbocycles. The van der Waals surface area contributed by atoms with Crippen molar-refractivity contribution in [1.82, 2.24) is 15.0 Å². The minimum Gasteiger partial charge on any atom is -0.361 e. The third-order valence-corrected chi connectivity index (χ3v) is 5.68. The normalized spacial score (nSPS) is 11.7. The van der Waals surface area contributed by atoms with Crippen LogP contribution in [0.15, 0.2) is 55.0 Å². The van der Waals surface area contributed by atoms with E-state index < -0.39 is 11.9 Å². The molecule has 1 N–H and O–H groups in total. The molecule has 0 aliphatic carbocycles. The summed E-state index contributed by atoms with van der Waals surface area (Å²) in [6.07, 6.45) is 6.37. The number of anilines is 1. The summed E-state index contributed by atoms with van der Waals surface area (Å²) in [7, 11) is 0. The molecule has 0 spiro atoms. The van der Waals surface area contributed by atoms with E-state index in [1.165, 1.54) is 35.9 Å². The molecule has 0 bridgehead atoms. The Kier molecular flexibility index (Phi) is 5.67. The van der Waals surface area contributed by atoms with E-state index >= 15 is 0 Å². The minimum absolute atomic E-state index is 0.215. The lowest BCUT2D eigenvalue weighted by molar-refractivity contribution is 0.0127. The predicted octanol–water partition coefficient (Wildman–Crippen LogP) is 6.05. The molecular formula is C22H19F3N4S. The van der Waals surface area contributed by atoms with E-state index in [1.54, 1.807) is 12.3 Å². The van der Waals surface area contributed by atoms with E-state index in [-0.39, 0.29) is 5.69 Å². The molecule has 0 aliphatic rings. The van der Waals surface area contributed by atoms with Gasteiger partial charge in [0.2, 0.25) is 5.95 Å². The fourth-order valence-electron chi connectivity index (χ4n) is 3.08. The summed E-state index contributed by atoms with van der Waals surface area (Å²) in [5.41, 5.74) is 1.67. The van der Waals surface area contributed by atoms with Gasteiger partial charge >= 0.3 is 0 Å². The molecule has 8 heteroatoms. The number of aromatic nitrogens is 3. The lowest BCUT2D eigenvalue weighted by atomic mass is 10.1. The number of hydrogen-bond donors (Lipinski definition) is 1. The second-order valence-electron chi connectivity index (χ2n) is 7.07. The van der Waals surface area contributed by atoms with Gasteiger partial charge in [0.1, 0.15) is 5.69 Å². The maximum atomic E-state index is 13.4. The van der Waals surface area contributed by atoms with Gasteiger partial charge in [0.25, 0.3) is 5.92 Å². The SMILES string of the molecule is CC(F)(F)c1ccc(CCCNc2ncc(-c3ccc4cnc(F)cc4c3)s2)cn1. The van der Waals surface area contributed by atoms with E-state index in [0.29, 0.717) is 6.54 Å². The van der Waals surface area contributed by atoms with Gasteiger partial charge in [0, 0.05) is 43.5 Å². The summed E-state index contributed by atoms with van der Waals surface area (Å²) in [6.45, 7) is 1.54.